The molecule has 13 atom stereocenters. The maximum absolute atomic E-state index is 10.5. The standard InChI is InChI=1S/C23H42O5.C22H40O4.2C2H6.CH4O/c1-8-20(25-5)17(3)12-13-19(24)16(2)10-9-11-18(4)23-21(26-6)14-15-22(27-7)28-23;1-7-20(24-5)17(3)13-14-19(23)16(2)10-8-11-18(4)22-21(25-6)12-9-15-26-22;3*1-2/h9-11,16-17,19-24H,8,12-15H2,1-7H3;8,10-11,16-17,19-23H,7,9,12-15H2,1-6H3;2*1-2H3;2H,1H3/b10-9+,18-11+;10-8+,18-11+;;;/t16?,17?,19?,20?,21-,22-,23?;;;;/m1..../s1. The Labute approximate surface area is 370 Å². The van der Waals surface area contributed by atoms with Crippen molar-refractivity contribution in [2.24, 2.45) is 23.7 Å². The Bertz CT molecular complexity index is 1070. The molecule has 0 aromatic rings. The van der Waals surface area contributed by atoms with Gasteiger partial charge >= 0.3 is 0 Å². The largest absolute Gasteiger partial charge is 0.400 e. The predicted octanol–water partition coefficient (Wildman–Crippen LogP) is 10.7. The molecule has 0 amide bonds. The van der Waals surface area contributed by atoms with Crippen molar-refractivity contribution in [3.63, 3.8) is 0 Å². The molecule has 0 saturated carbocycles. The zero-order valence-electron chi connectivity index (χ0n) is 41.9. The first-order valence-corrected chi connectivity index (χ1v) is 23.2. The van der Waals surface area contributed by atoms with Gasteiger partial charge in [-0.05, 0) is 94.6 Å². The fourth-order valence-corrected chi connectivity index (χ4v) is 7.58. The van der Waals surface area contributed by atoms with Crippen LogP contribution >= 0.6 is 0 Å². The zero-order chi connectivity index (χ0) is 46.6. The first kappa shape index (κ1) is 62.9. The van der Waals surface area contributed by atoms with E-state index in [1.54, 1.807) is 35.5 Å². The number of hydrogen-bond acceptors (Lipinski definition) is 10. The summed E-state index contributed by atoms with van der Waals surface area (Å²) in [5.41, 5.74) is 2.28. The molecule has 60 heavy (non-hydrogen) atoms. The molecule has 2 saturated heterocycles. The minimum absolute atomic E-state index is 0.0412. The topological polar surface area (TPSA) is 125 Å². The molecule has 358 valence electrons. The second-order valence-corrected chi connectivity index (χ2v) is 15.7. The molecule has 10 nitrogen and oxygen atoms in total. The fourth-order valence-electron chi connectivity index (χ4n) is 7.58. The van der Waals surface area contributed by atoms with Crippen molar-refractivity contribution < 1.29 is 48.5 Å². The van der Waals surface area contributed by atoms with Crippen LogP contribution in [0.1, 0.15) is 147 Å². The molecule has 2 rings (SSSR count). The van der Waals surface area contributed by atoms with Gasteiger partial charge in [-0.15, -0.1) is 0 Å². The minimum Gasteiger partial charge on any atom is -0.400 e. The Morgan fingerprint density at radius 3 is 1.42 bits per heavy atom. The van der Waals surface area contributed by atoms with Gasteiger partial charge in [0.1, 0.15) is 12.2 Å². The van der Waals surface area contributed by atoms with Crippen molar-refractivity contribution in [1.82, 2.24) is 0 Å². The van der Waals surface area contributed by atoms with Gasteiger partial charge in [-0.2, -0.15) is 0 Å². The molecule has 0 aromatic carbocycles. The molecule has 11 unspecified atom stereocenters. The normalized spacial score (nSPS) is 25.1. The van der Waals surface area contributed by atoms with E-state index in [1.165, 1.54) is 5.57 Å². The van der Waals surface area contributed by atoms with E-state index in [-0.39, 0.29) is 67.0 Å². The number of ether oxygens (including phenoxy) is 7. The van der Waals surface area contributed by atoms with Crippen LogP contribution in [-0.4, -0.2) is 120 Å². The molecule has 2 aliphatic rings. The van der Waals surface area contributed by atoms with Gasteiger partial charge in [-0.25, -0.2) is 0 Å². The molecular formula is C50H98O10. The van der Waals surface area contributed by atoms with Gasteiger partial charge in [0.25, 0.3) is 0 Å². The molecule has 2 aliphatic heterocycles. The second-order valence-electron chi connectivity index (χ2n) is 15.7. The highest BCUT2D eigenvalue weighted by Crippen LogP contribution is 2.28. The number of methoxy groups -OCH3 is 5. The van der Waals surface area contributed by atoms with Gasteiger partial charge in [0.05, 0.1) is 36.6 Å². The third-order valence-electron chi connectivity index (χ3n) is 11.6. The number of rotatable bonds is 23. The number of aliphatic hydroxyl groups is 3. The third kappa shape index (κ3) is 25.6. The summed E-state index contributed by atoms with van der Waals surface area (Å²) in [6.07, 6.45) is 21.6. The number of hydrogen-bond donors (Lipinski definition) is 3. The van der Waals surface area contributed by atoms with E-state index < -0.39 is 0 Å². The molecule has 0 spiro atoms. The lowest BCUT2D eigenvalue weighted by Crippen LogP contribution is -2.41. The molecular weight excluding hydrogens is 761 g/mol. The van der Waals surface area contributed by atoms with Gasteiger partial charge in [0.2, 0.25) is 0 Å². The fraction of sp³-hybridized carbons (Fsp3) is 0.840. The van der Waals surface area contributed by atoms with E-state index >= 15 is 0 Å². The molecule has 3 N–H and O–H groups in total. The van der Waals surface area contributed by atoms with Gasteiger partial charge in [-0.3, -0.25) is 0 Å². The van der Waals surface area contributed by atoms with E-state index in [2.05, 4.69) is 79.7 Å². The van der Waals surface area contributed by atoms with Crippen LogP contribution < -0.4 is 0 Å². The number of aliphatic hydroxyl groups excluding tert-OH is 3. The van der Waals surface area contributed by atoms with Gasteiger partial charge in [-0.1, -0.05) is 106 Å². The van der Waals surface area contributed by atoms with Crippen LogP contribution in [0.15, 0.2) is 47.6 Å². The van der Waals surface area contributed by atoms with Crippen molar-refractivity contribution in [1.29, 1.82) is 0 Å². The van der Waals surface area contributed by atoms with E-state index in [0.29, 0.717) is 11.8 Å². The Kier molecular flexibility index (Phi) is 42.3. The predicted molar refractivity (Wildman–Crippen MR) is 251 cm³/mol. The average molecular weight is 859 g/mol. The Balaban J connectivity index is -0.000000964. The van der Waals surface area contributed by atoms with Crippen molar-refractivity contribution >= 4 is 0 Å². The lowest BCUT2D eigenvalue weighted by atomic mass is 9.91. The van der Waals surface area contributed by atoms with Crippen LogP contribution in [0.2, 0.25) is 0 Å². The highest BCUT2D eigenvalue weighted by Gasteiger charge is 2.32. The summed E-state index contributed by atoms with van der Waals surface area (Å²) in [6.45, 7) is 25.7. The molecule has 0 aromatic heterocycles. The monoisotopic (exact) mass is 859 g/mol. The van der Waals surface area contributed by atoms with Crippen LogP contribution in [-0.2, 0) is 33.2 Å². The highest BCUT2D eigenvalue weighted by atomic mass is 16.7. The summed E-state index contributed by atoms with van der Waals surface area (Å²) >= 11 is 0. The summed E-state index contributed by atoms with van der Waals surface area (Å²) in [7, 11) is 9.68. The summed E-state index contributed by atoms with van der Waals surface area (Å²) in [5.74, 6) is 1.13. The second kappa shape index (κ2) is 40.3. The van der Waals surface area contributed by atoms with Crippen LogP contribution in [0.25, 0.3) is 0 Å². The molecule has 2 fully saturated rings. The molecule has 10 heteroatoms. The van der Waals surface area contributed by atoms with Gasteiger partial charge in [0.15, 0.2) is 6.29 Å². The van der Waals surface area contributed by atoms with E-state index in [9.17, 15) is 10.2 Å². The van der Waals surface area contributed by atoms with Crippen molar-refractivity contribution in [2.75, 3.05) is 49.3 Å². The summed E-state index contributed by atoms with van der Waals surface area (Å²) in [6, 6.07) is 0. The van der Waals surface area contributed by atoms with Crippen molar-refractivity contribution in [3.8, 4) is 0 Å². The van der Waals surface area contributed by atoms with Gasteiger partial charge < -0.3 is 48.5 Å². The van der Waals surface area contributed by atoms with E-state index in [1.807, 2.05) is 39.8 Å². The first-order valence-electron chi connectivity index (χ1n) is 23.2. The van der Waals surface area contributed by atoms with Crippen LogP contribution in [0, 0.1) is 23.7 Å². The Morgan fingerprint density at radius 1 is 0.617 bits per heavy atom. The average Bonchev–Trinajstić information content (AvgIpc) is 3.29. The van der Waals surface area contributed by atoms with Crippen molar-refractivity contribution in [3.05, 3.63) is 47.6 Å². The number of allylic oxidation sites excluding steroid dienone is 4. The Hall–Kier alpha value is -1.44. The maximum atomic E-state index is 10.5. The van der Waals surface area contributed by atoms with Crippen LogP contribution in [0.3, 0.4) is 0 Å². The first-order chi connectivity index (χ1) is 28.8. The Morgan fingerprint density at radius 2 is 1.03 bits per heavy atom. The SMILES string of the molecule is CC.CC.CCC(OC)C(C)CCC(O)C(C)/C=C/C=C(\C)C1OCCCC1OC.CCC(OC)C(C)CCC(O)C(C)/C=C/C=C(\C)C1O[C@@H](OC)CC[C@H]1OC.CO. The minimum atomic E-state index is -0.350. The highest BCUT2D eigenvalue weighted by molar-refractivity contribution is 5.18. The van der Waals surface area contributed by atoms with Crippen molar-refractivity contribution in [2.45, 2.75) is 202 Å². The lowest BCUT2D eigenvalue weighted by molar-refractivity contribution is -0.205. The third-order valence-corrected chi connectivity index (χ3v) is 11.6. The zero-order valence-corrected chi connectivity index (χ0v) is 41.9. The summed E-state index contributed by atoms with van der Waals surface area (Å²) in [4.78, 5) is 0. The molecule has 0 radical (unpaired) electrons. The summed E-state index contributed by atoms with van der Waals surface area (Å²) in [5, 5.41) is 27.9. The van der Waals surface area contributed by atoms with Gasteiger partial charge in [0, 0.05) is 67.5 Å². The van der Waals surface area contributed by atoms with E-state index in [0.717, 1.165) is 83.5 Å². The quantitative estimate of drug-likeness (QED) is 0.0855. The van der Waals surface area contributed by atoms with Crippen LogP contribution in [0.4, 0.5) is 0 Å². The smallest absolute Gasteiger partial charge is 0.158 e. The molecule has 0 aliphatic carbocycles. The van der Waals surface area contributed by atoms with Crippen LogP contribution in [0.5, 0.6) is 0 Å². The summed E-state index contributed by atoms with van der Waals surface area (Å²) < 4.78 is 39.3. The molecule has 0 bridgehead atoms. The maximum Gasteiger partial charge on any atom is 0.158 e. The van der Waals surface area contributed by atoms with E-state index in [4.69, 9.17) is 38.3 Å². The molecule has 2 heterocycles. The lowest BCUT2D eigenvalue weighted by Gasteiger charge is -2.35.